The third-order valence-corrected chi connectivity index (χ3v) is 3.87. The summed E-state index contributed by atoms with van der Waals surface area (Å²) in [6, 6.07) is 4.42. The van der Waals surface area contributed by atoms with Crippen LogP contribution in [-0.4, -0.2) is 14.5 Å². The molecule has 2 aromatic heterocycles. The van der Waals surface area contributed by atoms with Crippen molar-refractivity contribution in [3.05, 3.63) is 50.7 Å². The number of H-pyrrole nitrogens is 1. The second-order valence-corrected chi connectivity index (χ2v) is 5.52. The van der Waals surface area contributed by atoms with E-state index in [2.05, 4.69) is 25.9 Å². The summed E-state index contributed by atoms with van der Waals surface area (Å²) < 4.78 is 16.0. The zero-order valence-corrected chi connectivity index (χ0v) is 12.5. The first-order chi connectivity index (χ1) is 9.08. The Hall–Kier alpha value is -1.24. The molecule has 0 aliphatic rings. The van der Waals surface area contributed by atoms with Crippen molar-refractivity contribution in [3.63, 3.8) is 0 Å². The molecule has 0 saturated carbocycles. The highest BCUT2D eigenvalue weighted by molar-refractivity contribution is 9.10. The van der Waals surface area contributed by atoms with E-state index in [1.54, 1.807) is 17.0 Å². The smallest absolute Gasteiger partial charge is 0.182 e. The van der Waals surface area contributed by atoms with Crippen molar-refractivity contribution in [2.75, 3.05) is 0 Å². The number of aromatic nitrogens is 3. The Kier molecular flexibility index (Phi) is 3.16. The van der Waals surface area contributed by atoms with E-state index in [-0.39, 0.29) is 5.02 Å². The summed E-state index contributed by atoms with van der Waals surface area (Å²) in [6.07, 6.45) is 3.33. The predicted octanol–water partition coefficient (Wildman–Crippen LogP) is 4.64. The topological polar surface area (TPSA) is 33.6 Å². The number of aromatic amines is 1. The average Bonchev–Trinajstić information content (AvgIpc) is 2.65. The zero-order chi connectivity index (χ0) is 13.6. The average molecular weight is 359 g/mol. The van der Waals surface area contributed by atoms with Gasteiger partial charge in [0.1, 0.15) is 5.82 Å². The number of rotatable bonds is 1. The van der Waals surface area contributed by atoms with E-state index >= 15 is 0 Å². The van der Waals surface area contributed by atoms with Gasteiger partial charge in [0.2, 0.25) is 0 Å². The number of fused-ring (bicyclic) bond motifs is 1. The summed E-state index contributed by atoms with van der Waals surface area (Å²) >= 11 is 14.7. The lowest BCUT2D eigenvalue weighted by Gasteiger charge is -2.09. The van der Waals surface area contributed by atoms with Gasteiger partial charge in [-0.1, -0.05) is 11.6 Å². The summed E-state index contributed by atoms with van der Waals surface area (Å²) in [5, 5.41) is 0.278. The molecule has 0 radical (unpaired) electrons. The van der Waals surface area contributed by atoms with Crippen molar-refractivity contribution in [2.24, 2.45) is 0 Å². The van der Waals surface area contributed by atoms with Crippen LogP contribution in [0.25, 0.3) is 16.7 Å². The van der Waals surface area contributed by atoms with Crippen LogP contribution in [-0.2, 0) is 0 Å². The Morgan fingerprint density at radius 3 is 2.95 bits per heavy atom. The lowest BCUT2D eigenvalue weighted by atomic mass is 10.3. The highest BCUT2D eigenvalue weighted by Crippen LogP contribution is 2.32. The Morgan fingerprint density at radius 1 is 1.42 bits per heavy atom. The van der Waals surface area contributed by atoms with Gasteiger partial charge in [0.15, 0.2) is 4.77 Å². The van der Waals surface area contributed by atoms with Crippen LogP contribution in [0.5, 0.6) is 0 Å². The van der Waals surface area contributed by atoms with Crippen LogP contribution in [0.3, 0.4) is 0 Å². The molecule has 0 amide bonds. The third-order valence-electron chi connectivity index (χ3n) is 2.69. The molecule has 0 unspecified atom stereocenters. The number of pyridine rings is 1. The minimum absolute atomic E-state index is 0.278. The second-order valence-electron chi connectivity index (χ2n) is 3.88. The Labute approximate surface area is 126 Å². The predicted molar refractivity (Wildman–Crippen MR) is 78.9 cm³/mol. The van der Waals surface area contributed by atoms with E-state index in [1.807, 2.05) is 6.07 Å². The van der Waals surface area contributed by atoms with Crippen molar-refractivity contribution in [1.29, 1.82) is 0 Å². The fourth-order valence-electron chi connectivity index (χ4n) is 1.93. The van der Waals surface area contributed by atoms with Crippen molar-refractivity contribution < 1.29 is 4.39 Å². The van der Waals surface area contributed by atoms with Gasteiger partial charge in [0.05, 0.1) is 27.9 Å². The first kappa shape index (κ1) is 12.8. The van der Waals surface area contributed by atoms with Gasteiger partial charge in [-0.3, -0.25) is 9.55 Å². The van der Waals surface area contributed by atoms with E-state index < -0.39 is 5.82 Å². The quantitative estimate of drug-likeness (QED) is 0.643. The molecule has 7 heteroatoms. The van der Waals surface area contributed by atoms with Gasteiger partial charge in [-0.25, -0.2) is 4.39 Å². The van der Waals surface area contributed by atoms with Gasteiger partial charge < -0.3 is 4.98 Å². The van der Waals surface area contributed by atoms with Crippen molar-refractivity contribution in [2.45, 2.75) is 0 Å². The van der Waals surface area contributed by atoms with E-state index in [1.165, 1.54) is 12.1 Å². The number of nitrogens with one attached hydrogen (secondary N) is 1. The van der Waals surface area contributed by atoms with E-state index in [4.69, 9.17) is 23.8 Å². The summed E-state index contributed by atoms with van der Waals surface area (Å²) in [4.78, 5) is 7.06. The molecule has 1 aromatic carbocycles. The molecule has 0 bridgehead atoms. The van der Waals surface area contributed by atoms with Crippen LogP contribution in [0.15, 0.2) is 35.1 Å². The number of nitrogens with zero attached hydrogens (tertiary/aromatic N) is 2. The number of hydrogen-bond donors (Lipinski definition) is 1. The van der Waals surface area contributed by atoms with Gasteiger partial charge >= 0.3 is 0 Å². The Morgan fingerprint density at radius 2 is 2.21 bits per heavy atom. The summed E-state index contributed by atoms with van der Waals surface area (Å²) in [5.41, 5.74) is 2.22. The van der Waals surface area contributed by atoms with Gasteiger partial charge in [-0.15, -0.1) is 0 Å². The van der Waals surface area contributed by atoms with Gasteiger partial charge in [0.25, 0.3) is 0 Å². The first-order valence-electron chi connectivity index (χ1n) is 5.27. The SMILES string of the molecule is Fc1cc(Cl)c(-n2c(=S)[nH]c3cnccc32)c(Br)c1. The molecule has 19 heavy (non-hydrogen) atoms. The van der Waals surface area contributed by atoms with Crippen LogP contribution >= 0.6 is 39.7 Å². The number of benzene rings is 1. The number of halogens is 3. The normalized spacial score (nSPS) is 11.1. The highest BCUT2D eigenvalue weighted by Gasteiger charge is 2.14. The monoisotopic (exact) mass is 357 g/mol. The molecule has 3 rings (SSSR count). The molecule has 0 spiro atoms. The van der Waals surface area contributed by atoms with Crippen molar-refractivity contribution >= 4 is 50.8 Å². The van der Waals surface area contributed by atoms with Crippen LogP contribution < -0.4 is 0 Å². The highest BCUT2D eigenvalue weighted by atomic mass is 79.9. The molecule has 0 aliphatic carbocycles. The molecule has 0 saturated heterocycles. The maximum atomic E-state index is 13.3. The minimum Gasteiger partial charge on any atom is -0.329 e. The van der Waals surface area contributed by atoms with Gasteiger partial charge in [-0.05, 0) is 46.3 Å². The van der Waals surface area contributed by atoms with Crippen LogP contribution in [0.1, 0.15) is 0 Å². The number of hydrogen-bond acceptors (Lipinski definition) is 2. The van der Waals surface area contributed by atoms with Gasteiger partial charge in [-0.2, -0.15) is 0 Å². The first-order valence-corrected chi connectivity index (χ1v) is 6.85. The Bertz CT molecular complexity index is 819. The van der Waals surface area contributed by atoms with E-state index in [0.717, 1.165) is 11.0 Å². The van der Waals surface area contributed by atoms with Crippen LogP contribution in [0.2, 0.25) is 5.02 Å². The van der Waals surface area contributed by atoms with E-state index in [0.29, 0.717) is 14.9 Å². The maximum absolute atomic E-state index is 13.3. The molecular weight excluding hydrogens is 353 g/mol. The molecule has 96 valence electrons. The fourth-order valence-corrected chi connectivity index (χ4v) is 3.24. The largest absolute Gasteiger partial charge is 0.329 e. The lowest BCUT2D eigenvalue weighted by molar-refractivity contribution is 0.626. The minimum atomic E-state index is -0.409. The molecular formula is C12H6BrClFN3S. The van der Waals surface area contributed by atoms with Crippen LogP contribution in [0.4, 0.5) is 4.39 Å². The van der Waals surface area contributed by atoms with Crippen molar-refractivity contribution in [1.82, 2.24) is 14.5 Å². The standard InChI is InChI=1S/C12H6BrClFN3S/c13-7-3-6(15)4-8(14)11(7)18-10-1-2-16-5-9(10)17-12(18)19/h1-5H,(H,17,19). The molecule has 0 fully saturated rings. The fraction of sp³-hybridized carbons (Fsp3) is 0. The third kappa shape index (κ3) is 2.09. The van der Waals surface area contributed by atoms with Crippen molar-refractivity contribution in [3.8, 4) is 5.69 Å². The number of imidazole rings is 1. The zero-order valence-electron chi connectivity index (χ0n) is 9.32. The molecule has 2 heterocycles. The molecule has 0 atom stereocenters. The maximum Gasteiger partial charge on any atom is 0.182 e. The summed E-state index contributed by atoms with van der Waals surface area (Å²) in [5.74, 6) is -0.409. The summed E-state index contributed by atoms with van der Waals surface area (Å²) in [7, 11) is 0. The van der Waals surface area contributed by atoms with Gasteiger partial charge in [0, 0.05) is 10.7 Å². The molecule has 3 aromatic rings. The lowest BCUT2D eigenvalue weighted by Crippen LogP contribution is -1.97. The Balaban J connectivity index is 2.43. The van der Waals surface area contributed by atoms with E-state index in [9.17, 15) is 4.39 Å². The molecule has 1 N–H and O–H groups in total. The second kappa shape index (κ2) is 4.70. The van der Waals surface area contributed by atoms with Crippen LogP contribution in [0, 0.1) is 10.6 Å². The molecule has 3 nitrogen and oxygen atoms in total. The summed E-state index contributed by atoms with van der Waals surface area (Å²) in [6.45, 7) is 0. The molecule has 0 aliphatic heterocycles.